The number of nitrogens with one attached hydrogen (secondary N) is 1. The minimum absolute atomic E-state index is 0.0815. The maximum Gasteiger partial charge on any atom is 0.291 e. The molecule has 10 heteroatoms. The van der Waals surface area contributed by atoms with E-state index in [1.807, 2.05) is 0 Å². The summed E-state index contributed by atoms with van der Waals surface area (Å²) >= 11 is 5.88. The molecule has 3 rings (SSSR count). The summed E-state index contributed by atoms with van der Waals surface area (Å²) in [5.41, 5.74) is 0.538. The second-order valence-electron chi connectivity index (χ2n) is 5.77. The van der Waals surface area contributed by atoms with Crippen LogP contribution in [0.25, 0.3) is 11.3 Å². The van der Waals surface area contributed by atoms with Gasteiger partial charge < -0.3 is 9.73 Å². The number of carbonyl (C=O) groups is 1. The van der Waals surface area contributed by atoms with Crippen molar-refractivity contribution >= 4 is 34.6 Å². The summed E-state index contributed by atoms with van der Waals surface area (Å²) in [5.74, 6) is -0.546. The van der Waals surface area contributed by atoms with E-state index in [9.17, 15) is 25.0 Å². The fraction of sp³-hybridized carbons (Fsp3) is 0.0556. The molecule has 0 bridgehead atoms. The third-order valence-corrected chi connectivity index (χ3v) is 4.24. The first kappa shape index (κ1) is 19.1. The number of carbonyl (C=O) groups excluding carboxylic acids is 1. The van der Waals surface area contributed by atoms with Crippen LogP contribution in [0, 0.1) is 27.2 Å². The Labute approximate surface area is 162 Å². The first-order valence-electron chi connectivity index (χ1n) is 7.87. The molecule has 0 saturated heterocycles. The lowest BCUT2D eigenvalue weighted by Crippen LogP contribution is -2.12. The molecule has 0 unspecified atom stereocenters. The van der Waals surface area contributed by atoms with Crippen molar-refractivity contribution in [2.45, 2.75) is 6.92 Å². The van der Waals surface area contributed by atoms with Crippen molar-refractivity contribution in [1.82, 2.24) is 0 Å². The molecule has 0 aliphatic heterocycles. The molecule has 1 amide bonds. The highest BCUT2D eigenvalue weighted by Gasteiger charge is 2.21. The van der Waals surface area contributed by atoms with Crippen LogP contribution < -0.4 is 5.32 Å². The van der Waals surface area contributed by atoms with Gasteiger partial charge in [-0.2, -0.15) is 0 Å². The van der Waals surface area contributed by atoms with Gasteiger partial charge in [-0.05, 0) is 36.8 Å². The first-order valence-corrected chi connectivity index (χ1v) is 8.25. The van der Waals surface area contributed by atoms with Crippen LogP contribution >= 0.6 is 11.6 Å². The van der Waals surface area contributed by atoms with Crippen molar-refractivity contribution in [2.75, 3.05) is 5.32 Å². The maximum atomic E-state index is 12.4. The van der Waals surface area contributed by atoms with E-state index in [0.717, 1.165) is 0 Å². The quantitative estimate of drug-likeness (QED) is 0.474. The van der Waals surface area contributed by atoms with Crippen LogP contribution in [-0.2, 0) is 0 Å². The molecule has 1 N–H and O–H groups in total. The molecular weight excluding hydrogens is 390 g/mol. The molecule has 0 spiro atoms. The van der Waals surface area contributed by atoms with Crippen molar-refractivity contribution in [1.29, 1.82) is 0 Å². The maximum absolute atomic E-state index is 12.4. The van der Waals surface area contributed by atoms with E-state index in [1.54, 1.807) is 13.0 Å². The largest absolute Gasteiger partial charge is 0.451 e. The second-order valence-corrected chi connectivity index (χ2v) is 6.18. The average Bonchev–Trinajstić information content (AvgIpc) is 3.14. The molecule has 3 aromatic rings. The minimum atomic E-state index is -0.627. The number of aryl methyl sites for hydroxylation is 1. The van der Waals surface area contributed by atoms with E-state index < -0.39 is 15.8 Å². The highest BCUT2D eigenvalue weighted by molar-refractivity contribution is 6.33. The zero-order valence-electron chi connectivity index (χ0n) is 14.3. The molecule has 1 aromatic heterocycles. The van der Waals surface area contributed by atoms with Crippen LogP contribution in [0.15, 0.2) is 52.9 Å². The highest BCUT2D eigenvalue weighted by Crippen LogP contribution is 2.33. The van der Waals surface area contributed by atoms with Crippen LogP contribution in [0.3, 0.4) is 0 Å². The summed E-state index contributed by atoms with van der Waals surface area (Å²) < 4.78 is 5.47. The molecule has 0 aliphatic carbocycles. The zero-order chi connectivity index (χ0) is 20.4. The van der Waals surface area contributed by atoms with Gasteiger partial charge in [0.25, 0.3) is 17.3 Å². The number of rotatable bonds is 5. The summed E-state index contributed by atoms with van der Waals surface area (Å²) in [5, 5.41) is 24.5. The van der Waals surface area contributed by atoms with Crippen LogP contribution in [0.5, 0.6) is 0 Å². The van der Waals surface area contributed by atoms with E-state index in [4.69, 9.17) is 16.0 Å². The third-order valence-electron chi connectivity index (χ3n) is 3.93. The number of amides is 1. The molecule has 2 aromatic carbocycles. The fourth-order valence-corrected chi connectivity index (χ4v) is 2.80. The van der Waals surface area contributed by atoms with Crippen LogP contribution in [-0.4, -0.2) is 15.8 Å². The predicted molar refractivity (Wildman–Crippen MR) is 102 cm³/mol. The average molecular weight is 402 g/mol. The number of benzene rings is 2. The smallest absolute Gasteiger partial charge is 0.291 e. The van der Waals surface area contributed by atoms with Crippen molar-refractivity contribution in [3.8, 4) is 11.3 Å². The fourth-order valence-electron chi connectivity index (χ4n) is 2.57. The van der Waals surface area contributed by atoms with Crippen LogP contribution in [0.1, 0.15) is 16.1 Å². The Kier molecular flexibility index (Phi) is 5.10. The van der Waals surface area contributed by atoms with Gasteiger partial charge in [-0.3, -0.25) is 25.0 Å². The SMILES string of the molecule is Cc1cc([N+](=O)[O-])c(Cl)cc1NC(=O)c1ccc(-c2ccccc2[N+](=O)[O-])o1. The van der Waals surface area contributed by atoms with E-state index in [0.29, 0.717) is 5.56 Å². The highest BCUT2D eigenvalue weighted by atomic mass is 35.5. The Balaban J connectivity index is 1.87. The second kappa shape index (κ2) is 7.49. The van der Waals surface area contributed by atoms with Gasteiger partial charge in [0.05, 0.1) is 15.4 Å². The van der Waals surface area contributed by atoms with E-state index in [1.165, 1.54) is 42.5 Å². The summed E-state index contributed by atoms with van der Waals surface area (Å²) in [6, 6.07) is 11.3. The minimum Gasteiger partial charge on any atom is -0.451 e. The molecule has 0 fully saturated rings. The van der Waals surface area contributed by atoms with Crippen molar-refractivity contribution in [2.24, 2.45) is 0 Å². The number of furan rings is 1. The molecule has 1 heterocycles. The normalized spacial score (nSPS) is 10.5. The lowest BCUT2D eigenvalue weighted by molar-refractivity contribution is -0.384. The first-order chi connectivity index (χ1) is 13.3. The van der Waals surface area contributed by atoms with Gasteiger partial charge in [0.15, 0.2) is 5.76 Å². The van der Waals surface area contributed by atoms with E-state index >= 15 is 0 Å². The number of para-hydroxylation sites is 1. The van der Waals surface area contributed by atoms with Crippen LogP contribution in [0.2, 0.25) is 5.02 Å². The molecule has 0 radical (unpaired) electrons. The van der Waals surface area contributed by atoms with E-state index in [2.05, 4.69) is 5.32 Å². The Morgan fingerprint density at radius 3 is 2.39 bits per heavy atom. The topological polar surface area (TPSA) is 129 Å². The molecule has 0 atom stereocenters. The molecule has 142 valence electrons. The number of nitrogens with zero attached hydrogens (tertiary/aromatic N) is 2. The Morgan fingerprint density at radius 2 is 1.71 bits per heavy atom. The predicted octanol–water partition coefficient (Wildman–Crippen LogP) is 4.98. The Morgan fingerprint density at radius 1 is 1.04 bits per heavy atom. The zero-order valence-corrected chi connectivity index (χ0v) is 15.1. The Hall–Kier alpha value is -3.72. The van der Waals surface area contributed by atoms with E-state index in [-0.39, 0.29) is 39.2 Å². The number of anilines is 1. The molecule has 28 heavy (non-hydrogen) atoms. The summed E-state index contributed by atoms with van der Waals surface area (Å²) in [6.45, 7) is 1.58. The number of nitro groups is 2. The lowest BCUT2D eigenvalue weighted by atomic mass is 10.1. The molecule has 9 nitrogen and oxygen atoms in total. The number of halogens is 1. The van der Waals surface area contributed by atoms with Crippen molar-refractivity contribution < 1.29 is 19.1 Å². The van der Waals surface area contributed by atoms with Crippen LogP contribution in [0.4, 0.5) is 17.1 Å². The molecule has 0 aliphatic rings. The van der Waals surface area contributed by atoms with Crippen molar-refractivity contribution in [3.05, 3.63) is 85.1 Å². The third kappa shape index (κ3) is 3.69. The summed E-state index contributed by atoms with van der Waals surface area (Å²) in [7, 11) is 0. The Bertz CT molecular complexity index is 1110. The number of hydrogen-bond donors (Lipinski definition) is 1. The monoisotopic (exact) mass is 401 g/mol. The summed E-state index contributed by atoms with van der Waals surface area (Å²) in [4.78, 5) is 33.3. The van der Waals surface area contributed by atoms with Gasteiger partial charge in [-0.1, -0.05) is 23.7 Å². The van der Waals surface area contributed by atoms with Gasteiger partial charge >= 0.3 is 0 Å². The lowest BCUT2D eigenvalue weighted by Gasteiger charge is -2.08. The van der Waals surface area contributed by atoms with Gasteiger partial charge in [-0.25, -0.2) is 0 Å². The number of hydrogen-bond acceptors (Lipinski definition) is 6. The van der Waals surface area contributed by atoms with Gasteiger partial charge in [0.1, 0.15) is 10.8 Å². The van der Waals surface area contributed by atoms with Gasteiger partial charge in [0, 0.05) is 17.8 Å². The van der Waals surface area contributed by atoms with Crippen molar-refractivity contribution in [3.63, 3.8) is 0 Å². The standard InChI is InChI=1S/C18H12ClN3O6/c1-10-8-15(22(26)27)12(19)9-13(10)20-18(23)17-7-6-16(28-17)11-4-2-3-5-14(11)21(24)25/h2-9H,1H3,(H,20,23). The van der Waals surface area contributed by atoms with Gasteiger partial charge in [-0.15, -0.1) is 0 Å². The number of nitro benzene ring substituents is 2. The molecular formula is C18H12ClN3O6. The van der Waals surface area contributed by atoms with Gasteiger partial charge in [0.2, 0.25) is 0 Å². The summed E-state index contributed by atoms with van der Waals surface area (Å²) in [6.07, 6.45) is 0. The molecule has 0 saturated carbocycles.